The molecule has 0 atom stereocenters. The highest BCUT2D eigenvalue weighted by atomic mass is 16.3. The Hall–Kier alpha value is -12.6. The highest BCUT2D eigenvalue weighted by Crippen LogP contribution is 2.51. The van der Waals surface area contributed by atoms with E-state index >= 15 is 0 Å². The van der Waals surface area contributed by atoms with Gasteiger partial charge in [0, 0.05) is 85.4 Å². The molecule has 0 fully saturated rings. The zero-order chi connectivity index (χ0) is 63.7. The van der Waals surface area contributed by atoms with Crippen LogP contribution in [0, 0.1) is 0 Å². The summed E-state index contributed by atoms with van der Waals surface area (Å²) in [5.41, 5.74) is 20.8. The van der Waals surface area contributed by atoms with Crippen LogP contribution < -0.4 is 36.0 Å². The third-order valence-electron chi connectivity index (χ3n) is 20.5. The molecule has 2 aliphatic rings. The minimum absolute atomic E-state index is 0.210. The largest absolute Gasteiger partial charge is 0.456 e. The molecule has 0 aliphatic carbocycles. The Labute approximate surface area is 561 Å². The Morgan fingerprint density at radius 2 is 0.608 bits per heavy atom. The van der Waals surface area contributed by atoms with E-state index in [2.05, 4.69) is 365 Å². The van der Waals surface area contributed by atoms with Gasteiger partial charge in [-0.05, 0) is 207 Å². The number of hydrogen-bond donors (Lipinski definition) is 0. The lowest BCUT2D eigenvalue weighted by Gasteiger charge is -2.45. The third-order valence-corrected chi connectivity index (χ3v) is 20.5. The molecular formula is C91H59BN4O. The average molecular weight is 1240 g/mol. The number of benzene rings is 17. The molecule has 18 aromatic rings. The van der Waals surface area contributed by atoms with Gasteiger partial charge in [0.05, 0.1) is 0 Å². The van der Waals surface area contributed by atoms with Gasteiger partial charge in [-0.3, -0.25) is 0 Å². The Morgan fingerprint density at radius 1 is 0.258 bits per heavy atom. The van der Waals surface area contributed by atoms with Crippen molar-refractivity contribution in [1.29, 1.82) is 0 Å². The second kappa shape index (κ2) is 22.0. The maximum atomic E-state index is 6.93. The van der Waals surface area contributed by atoms with Crippen molar-refractivity contribution in [3.05, 3.63) is 357 Å². The van der Waals surface area contributed by atoms with E-state index in [4.69, 9.17) is 4.42 Å². The summed E-state index contributed by atoms with van der Waals surface area (Å²) in [6, 6.07) is 128. The van der Waals surface area contributed by atoms with Crippen LogP contribution >= 0.6 is 0 Å². The van der Waals surface area contributed by atoms with E-state index in [1.807, 2.05) is 0 Å². The first kappa shape index (κ1) is 54.9. The predicted octanol–water partition coefficient (Wildman–Crippen LogP) is 23.1. The summed E-state index contributed by atoms with van der Waals surface area (Å²) in [7, 11) is 0. The van der Waals surface area contributed by atoms with E-state index in [-0.39, 0.29) is 6.71 Å². The smallest absolute Gasteiger partial charge is 0.252 e. The van der Waals surface area contributed by atoms with Crippen molar-refractivity contribution in [3.8, 4) is 0 Å². The maximum absolute atomic E-state index is 6.93. The zero-order valence-electron chi connectivity index (χ0n) is 52.9. The van der Waals surface area contributed by atoms with Crippen LogP contribution in [0.4, 0.5) is 68.2 Å². The van der Waals surface area contributed by atoms with E-state index in [1.54, 1.807) is 0 Å². The van der Waals surface area contributed by atoms with E-state index in [0.29, 0.717) is 6.42 Å². The summed E-state index contributed by atoms with van der Waals surface area (Å²) in [6.45, 7) is -0.210. The van der Waals surface area contributed by atoms with Crippen LogP contribution in [-0.4, -0.2) is 6.71 Å². The number of anilines is 12. The van der Waals surface area contributed by atoms with Gasteiger partial charge in [-0.25, -0.2) is 0 Å². The van der Waals surface area contributed by atoms with Gasteiger partial charge in [-0.1, -0.05) is 231 Å². The molecule has 0 unspecified atom stereocenters. The lowest BCUT2D eigenvalue weighted by molar-refractivity contribution is 0.664. The van der Waals surface area contributed by atoms with Gasteiger partial charge >= 0.3 is 0 Å². The Balaban J connectivity index is 0.914. The van der Waals surface area contributed by atoms with E-state index in [9.17, 15) is 0 Å². The lowest BCUT2D eigenvalue weighted by atomic mass is 9.33. The molecule has 0 amide bonds. The number of rotatable bonds is 10. The molecule has 5 nitrogen and oxygen atoms in total. The summed E-state index contributed by atoms with van der Waals surface area (Å²) in [4.78, 5) is 10.0. The van der Waals surface area contributed by atoms with E-state index < -0.39 is 0 Å². The van der Waals surface area contributed by atoms with Crippen molar-refractivity contribution in [3.63, 3.8) is 0 Å². The average Bonchev–Trinajstić information content (AvgIpc) is 1.10. The molecule has 3 heterocycles. The molecule has 97 heavy (non-hydrogen) atoms. The predicted molar refractivity (Wildman–Crippen MR) is 411 cm³/mol. The molecule has 0 saturated heterocycles. The van der Waals surface area contributed by atoms with Gasteiger partial charge < -0.3 is 24.0 Å². The molecule has 452 valence electrons. The van der Waals surface area contributed by atoms with Crippen molar-refractivity contribution in [2.24, 2.45) is 0 Å². The topological polar surface area (TPSA) is 26.1 Å². The van der Waals surface area contributed by atoms with Crippen molar-refractivity contribution in [2.75, 3.05) is 19.6 Å². The third kappa shape index (κ3) is 8.67. The van der Waals surface area contributed by atoms with Gasteiger partial charge in [-0.2, -0.15) is 0 Å². The highest BCUT2D eigenvalue weighted by Gasteiger charge is 2.44. The molecule has 17 aromatic carbocycles. The van der Waals surface area contributed by atoms with Crippen LogP contribution in [0.1, 0.15) is 11.1 Å². The van der Waals surface area contributed by atoms with Gasteiger partial charge in [0.2, 0.25) is 0 Å². The second-order valence-electron chi connectivity index (χ2n) is 25.9. The van der Waals surface area contributed by atoms with Crippen LogP contribution in [0.25, 0.3) is 86.6 Å². The van der Waals surface area contributed by atoms with Crippen LogP contribution in [0.3, 0.4) is 0 Å². The molecule has 2 aliphatic heterocycles. The summed E-state index contributed by atoms with van der Waals surface area (Å²) in [5, 5.41) is 17.0. The van der Waals surface area contributed by atoms with Crippen LogP contribution in [0.5, 0.6) is 0 Å². The zero-order valence-corrected chi connectivity index (χ0v) is 52.9. The number of para-hydroxylation sites is 6. The first-order valence-electron chi connectivity index (χ1n) is 33.5. The number of furan rings is 1. The van der Waals surface area contributed by atoms with E-state index in [1.165, 1.54) is 81.0 Å². The molecule has 6 heteroatoms. The monoisotopic (exact) mass is 1230 g/mol. The van der Waals surface area contributed by atoms with Crippen LogP contribution in [-0.2, 0) is 6.42 Å². The fourth-order valence-electron chi connectivity index (χ4n) is 16.4. The Bertz CT molecular complexity index is 5740. The second-order valence-corrected chi connectivity index (χ2v) is 25.9. The summed E-state index contributed by atoms with van der Waals surface area (Å²) in [6.07, 6.45) is 0.609. The first-order chi connectivity index (χ1) is 48.1. The molecule has 1 aromatic heterocycles. The minimum Gasteiger partial charge on any atom is -0.456 e. The normalized spacial score (nSPS) is 12.5. The molecule has 0 bridgehead atoms. The summed E-state index contributed by atoms with van der Waals surface area (Å²) >= 11 is 0. The maximum Gasteiger partial charge on any atom is 0.252 e. The van der Waals surface area contributed by atoms with Crippen molar-refractivity contribution in [1.82, 2.24) is 0 Å². The number of hydrogen-bond acceptors (Lipinski definition) is 5. The first-order valence-corrected chi connectivity index (χ1v) is 33.5. The molecule has 20 rings (SSSR count). The highest BCUT2D eigenvalue weighted by molar-refractivity contribution is 7.00. The van der Waals surface area contributed by atoms with Crippen molar-refractivity contribution in [2.45, 2.75) is 6.42 Å². The van der Waals surface area contributed by atoms with Gasteiger partial charge in [0.25, 0.3) is 6.71 Å². The fraction of sp³-hybridized carbons (Fsp3) is 0.0110. The Kier molecular flexibility index (Phi) is 12.4. The van der Waals surface area contributed by atoms with Gasteiger partial charge in [-0.15, -0.1) is 0 Å². The number of fused-ring (bicyclic) bond motifs is 19. The Morgan fingerprint density at radius 3 is 1.02 bits per heavy atom. The van der Waals surface area contributed by atoms with Crippen LogP contribution in [0.2, 0.25) is 0 Å². The number of nitrogens with zero attached hydrogens (tertiary/aromatic N) is 4. The minimum atomic E-state index is -0.210. The van der Waals surface area contributed by atoms with E-state index in [0.717, 1.165) is 101 Å². The molecule has 0 saturated carbocycles. The standard InChI is InChI=1S/C91H59BN4O/c1-5-25-61(26-6-1)93(62-27-7-2-8-28-62)67-46-50-83-85(57-67)95(65-44-48-77-73-37-15-13-33-69(73)71-35-17-19-39-75(71)81(77)55-65)87-53-59(52-60-24-23-42-80-79-41-21-22-43-89(79)97-91(60)80)54-88-90(87)92(83)84-51-47-68(94(63-29-9-3-10-30-63)64-31-11-4-12-32-64)58-86(84)96(88)66-45-49-78-74-38-16-14-34-70(74)72-36-18-20-40-76(72)82(78)56-66/h1-51,53-58H,52H2. The molecule has 0 spiro atoms. The van der Waals surface area contributed by atoms with Gasteiger partial charge in [0.1, 0.15) is 11.2 Å². The summed E-state index contributed by atoms with van der Waals surface area (Å²) in [5.74, 6) is 0. The van der Waals surface area contributed by atoms with Crippen molar-refractivity contribution < 1.29 is 4.42 Å². The lowest BCUT2D eigenvalue weighted by Crippen LogP contribution is -2.61. The quantitative estimate of drug-likeness (QED) is 0.100. The molecular weight excluding hydrogens is 1180 g/mol. The fourth-order valence-corrected chi connectivity index (χ4v) is 16.4. The van der Waals surface area contributed by atoms with Crippen molar-refractivity contribution >= 4 is 178 Å². The molecule has 0 radical (unpaired) electrons. The van der Waals surface area contributed by atoms with Gasteiger partial charge in [0.15, 0.2) is 0 Å². The SMILES string of the molecule is c1ccc(N(c2ccccc2)c2ccc3c(c2)N(c2ccc4c5ccccc5c5ccccc5c4c2)c2cc(Cc4cccc5c4oc4ccccc45)cc4c2B3c2ccc(N(c3ccccc3)c3ccccc3)cc2N4c2ccc3c4ccccc4c4ccccc4c3c2)cc1. The summed E-state index contributed by atoms with van der Waals surface area (Å²) < 4.78 is 6.93. The van der Waals surface area contributed by atoms with Crippen LogP contribution in [0.15, 0.2) is 350 Å². The molecule has 0 N–H and O–H groups in total.